The zero-order valence-corrected chi connectivity index (χ0v) is 11.2. The van der Waals surface area contributed by atoms with Gasteiger partial charge in [0.05, 0.1) is 38.3 Å². The highest BCUT2D eigenvalue weighted by Crippen LogP contribution is 2.02. The first kappa shape index (κ1) is 12.4. The first-order valence-corrected chi connectivity index (χ1v) is 7.50. The summed E-state index contributed by atoms with van der Waals surface area (Å²) in [7, 11) is 0. The number of hydrogen-bond donors (Lipinski definition) is 2. The summed E-state index contributed by atoms with van der Waals surface area (Å²) in [4.78, 5) is 3.81. The van der Waals surface area contributed by atoms with E-state index < -0.39 is 0 Å². The van der Waals surface area contributed by atoms with Gasteiger partial charge in [0.1, 0.15) is 0 Å². The van der Waals surface area contributed by atoms with E-state index in [-0.39, 0.29) is 0 Å². The SMILES string of the molecule is CC[C@H](C)[NH+]1CCC([NH+]2CCCCC2)CC1. The smallest absolute Gasteiger partial charge is 0.0983 e. The second kappa shape index (κ2) is 6.02. The van der Waals surface area contributed by atoms with E-state index in [4.69, 9.17) is 0 Å². The van der Waals surface area contributed by atoms with Gasteiger partial charge < -0.3 is 9.80 Å². The van der Waals surface area contributed by atoms with E-state index in [1.165, 1.54) is 64.7 Å². The maximum atomic E-state index is 2.42. The predicted molar refractivity (Wildman–Crippen MR) is 68.0 cm³/mol. The number of hydrogen-bond acceptors (Lipinski definition) is 0. The van der Waals surface area contributed by atoms with Crippen LogP contribution in [0.4, 0.5) is 0 Å². The van der Waals surface area contributed by atoms with Crippen molar-refractivity contribution in [3.05, 3.63) is 0 Å². The fourth-order valence-corrected chi connectivity index (χ4v) is 3.59. The highest BCUT2D eigenvalue weighted by molar-refractivity contribution is 4.63. The predicted octanol–water partition coefficient (Wildman–Crippen LogP) is -0.0990. The van der Waals surface area contributed by atoms with Gasteiger partial charge in [0.25, 0.3) is 0 Å². The molecule has 0 bridgehead atoms. The summed E-state index contributed by atoms with van der Waals surface area (Å²) in [6.45, 7) is 10.5. The average molecular weight is 226 g/mol. The Hall–Kier alpha value is -0.0800. The summed E-state index contributed by atoms with van der Waals surface area (Å²) in [5.41, 5.74) is 0. The van der Waals surface area contributed by atoms with Crippen LogP contribution < -0.4 is 9.80 Å². The monoisotopic (exact) mass is 226 g/mol. The fraction of sp³-hybridized carbons (Fsp3) is 1.00. The molecular formula is C14H30N2+2. The number of piperidine rings is 2. The van der Waals surface area contributed by atoms with E-state index in [1.807, 2.05) is 9.80 Å². The lowest BCUT2D eigenvalue weighted by atomic mass is 9.98. The van der Waals surface area contributed by atoms with Gasteiger partial charge in [0.2, 0.25) is 0 Å². The van der Waals surface area contributed by atoms with Gasteiger partial charge in [-0.3, -0.25) is 0 Å². The summed E-state index contributed by atoms with van der Waals surface area (Å²) in [5.74, 6) is 0. The molecule has 94 valence electrons. The van der Waals surface area contributed by atoms with Crippen molar-refractivity contribution >= 4 is 0 Å². The van der Waals surface area contributed by atoms with Gasteiger partial charge in [-0.25, -0.2) is 0 Å². The molecule has 16 heavy (non-hydrogen) atoms. The molecule has 1 atom stereocenters. The van der Waals surface area contributed by atoms with Crippen LogP contribution in [-0.2, 0) is 0 Å². The topological polar surface area (TPSA) is 8.88 Å². The van der Waals surface area contributed by atoms with Gasteiger partial charge in [-0.05, 0) is 32.6 Å². The second-order valence-corrected chi connectivity index (χ2v) is 5.96. The zero-order chi connectivity index (χ0) is 11.4. The van der Waals surface area contributed by atoms with Crippen molar-refractivity contribution in [3.8, 4) is 0 Å². The quantitative estimate of drug-likeness (QED) is 0.665. The second-order valence-electron chi connectivity index (χ2n) is 5.96. The van der Waals surface area contributed by atoms with Crippen molar-refractivity contribution in [2.24, 2.45) is 0 Å². The summed E-state index contributed by atoms with van der Waals surface area (Å²) in [5, 5.41) is 0. The number of quaternary nitrogens is 2. The van der Waals surface area contributed by atoms with Crippen molar-refractivity contribution in [2.75, 3.05) is 26.2 Å². The van der Waals surface area contributed by atoms with Crippen LogP contribution in [0.15, 0.2) is 0 Å². The summed E-state index contributed by atoms with van der Waals surface area (Å²) >= 11 is 0. The normalized spacial score (nSPS) is 34.9. The van der Waals surface area contributed by atoms with E-state index in [0.29, 0.717) is 0 Å². The fourth-order valence-electron chi connectivity index (χ4n) is 3.59. The Morgan fingerprint density at radius 1 is 1.00 bits per heavy atom. The molecule has 2 rings (SSSR count). The van der Waals surface area contributed by atoms with E-state index in [2.05, 4.69) is 13.8 Å². The molecule has 0 aromatic heterocycles. The van der Waals surface area contributed by atoms with E-state index in [9.17, 15) is 0 Å². The first-order valence-electron chi connectivity index (χ1n) is 7.50. The minimum Gasteiger partial charge on any atom is -0.332 e. The van der Waals surface area contributed by atoms with Gasteiger partial charge in [-0.15, -0.1) is 0 Å². The van der Waals surface area contributed by atoms with Crippen molar-refractivity contribution in [1.82, 2.24) is 0 Å². The standard InChI is InChI=1S/C14H28N2/c1-3-13(2)15-11-7-14(8-12-15)16-9-5-4-6-10-16/h13-14H,3-12H2,1-2H3/p+2/t13-/m0/s1. The van der Waals surface area contributed by atoms with Crippen molar-refractivity contribution < 1.29 is 9.80 Å². The molecule has 2 heteroatoms. The van der Waals surface area contributed by atoms with Crippen LogP contribution in [0, 0.1) is 0 Å². The molecule has 2 N–H and O–H groups in total. The van der Waals surface area contributed by atoms with Gasteiger partial charge in [-0.2, -0.15) is 0 Å². The molecule has 0 aromatic rings. The van der Waals surface area contributed by atoms with Gasteiger partial charge in [0, 0.05) is 12.8 Å². The van der Waals surface area contributed by atoms with Crippen LogP contribution in [0.25, 0.3) is 0 Å². The highest BCUT2D eigenvalue weighted by atomic mass is 15.2. The van der Waals surface area contributed by atoms with Gasteiger partial charge in [-0.1, -0.05) is 6.92 Å². The molecule has 2 aliphatic rings. The third-order valence-electron chi connectivity index (χ3n) is 5.01. The first-order chi connectivity index (χ1) is 7.81. The number of likely N-dealkylation sites (tertiary alicyclic amines) is 2. The molecule has 2 aliphatic heterocycles. The largest absolute Gasteiger partial charge is 0.332 e. The van der Waals surface area contributed by atoms with Crippen LogP contribution in [0.1, 0.15) is 52.4 Å². The average Bonchev–Trinajstić information content (AvgIpc) is 2.39. The molecule has 2 heterocycles. The molecule has 0 aliphatic carbocycles. The lowest BCUT2D eigenvalue weighted by Crippen LogP contribution is -3.22. The lowest BCUT2D eigenvalue weighted by Gasteiger charge is -2.37. The minimum absolute atomic E-state index is 0.886. The molecule has 0 saturated carbocycles. The zero-order valence-electron chi connectivity index (χ0n) is 11.2. The molecule has 0 spiro atoms. The van der Waals surface area contributed by atoms with Crippen molar-refractivity contribution in [1.29, 1.82) is 0 Å². The van der Waals surface area contributed by atoms with Crippen molar-refractivity contribution in [3.63, 3.8) is 0 Å². The van der Waals surface area contributed by atoms with Crippen LogP contribution in [0.5, 0.6) is 0 Å². The Bertz CT molecular complexity index is 191. The molecule has 0 amide bonds. The van der Waals surface area contributed by atoms with Crippen LogP contribution in [0.2, 0.25) is 0 Å². The maximum absolute atomic E-state index is 2.42. The molecule has 2 fully saturated rings. The summed E-state index contributed by atoms with van der Waals surface area (Å²) < 4.78 is 0. The van der Waals surface area contributed by atoms with E-state index in [0.717, 1.165) is 12.1 Å². The molecule has 0 unspecified atom stereocenters. The summed E-state index contributed by atoms with van der Waals surface area (Å²) in [6.07, 6.45) is 8.75. The van der Waals surface area contributed by atoms with Gasteiger partial charge >= 0.3 is 0 Å². The maximum Gasteiger partial charge on any atom is 0.0983 e. The molecule has 2 saturated heterocycles. The Morgan fingerprint density at radius 3 is 2.19 bits per heavy atom. The number of rotatable bonds is 3. The number of nitrogens with one attached hydrogen (secondary N) is 2. The van der Waals surface area contributed by atoms with Crippen LogP contribution in [-0.4, -0.2) is 38.3 Å². The molecule has 0 aromatic carbocycles. The van der Waals surface area contributed by atoms with E-state index >= 15 is 0 Å². The minimum atomic E-state index is 0.886. The van der Waals surface area contributed by atoms with Crippen LogP contribution in [0.3, 0.4) is 0 Å². The molecule has 2 nitrogen and oxygen atoms in total. The van der Waals surface area contributed by atoms with Crippen molar-refractivity contribution in [2.45, 2.75) is 64.5 Å². The van der Waals surface area contributed by atoms with E-state index in [1.54, 1.807) is 0 Å². The van der Waals surface area contributed by atoms with Gasteiger partial charge in [0.15, 0.2) is 0 Å². The lowest BCUT2D eigenvalue weighted by molar-refractivity contribution is -0.969. The Kier molecular flexibility index (Phi) is 4.66. The van der Waals surface area contributed by atoms with Crippen LogP contribution >= 0.6 is 0 Å². The molecular weight excluding hydrogens is 196 g/mol. The Labute approximate surface area is 101 Å². The summed E-state index contributed by atoms with van der Waals surface area (Å²) in [6, 6.07) is 1.89. The highest BCUT2D eigenvalue weighted by Gasteiger charge is 2.31. The Balaban J connectivity index is 1.75. The third kappa shape index (κ3) is 2.98. The Morgan fingerprint density at radius 2 is 1.62 bits per heavy atom. The molecule has 0 radical (unpaired) electrons. The third-order valence-corrected chi connectivity index (χ3v) is 5.01.